The smallest absolute Gasteiger partial charge is 0.241 e. The maximum atomic E-state index is 12.6. The number of amides is 1. The van der Waals surface area contributed by atoms with Crippen molar-refractivity contribution in [3.8, 4) is 0 Å². The van der Waals surface area contributed by atoms with Crippen molar-refractivity contribution in [1.29, 1.82) is 0 Å². The van der Waals surface area contributed by atoms with Crippen molar-refractivity contribution in [2.75, 3.05) is 6.54 Å². The number of hydrogen-bond donors (Lipinski definition) is 1. The third-order valence-electron chi connectivity index (χ3n) is 4.30. The first-order chi connectivity index (χ1) is 9.71. The molecular formula is C16H26N2OS. The summed E-state index contributed by atoms with van der Waals surface area (Å²) in [5.41, 5.74) is 1.23. The van der Waals surface area contributed by atoms with E-state index in [2.05, 4.69) is 47.8 Å². The molecule has 2 atom stereocenters. The molecule has 1 amide bonds. The van der Waals surface area contributed by atoms with Crippen LogP contribution in [0.25, 0.3) is 0 Å². The average molecular weight is 294 g/mol. The van der Waals surface area contributed by atoms with E-state index in [1.807, 2.05) is 0 Å². The van der Waals surface area contributed by atoms with Gasteiger partial charge in [0.15, 0.2) is 0 Å². The molecular weight excluding hydrogens is 268 g/mol. The summed E-state index contributed by atoms with van der Waals surface area (Å²) in [5, 5.41) is 7.77. The largest absolute Gasteiger partial charge is 0.321 e. The van der Waals surface area contributed by atoms with Crippen molar-refractivity contribution in [1.82, 2.24) is 10.2 Å². The van der Waals surface area contributed by atoms with Gasteiger partial charge in [0, 0.05) is 6.54 Å². The number of nitrogens with zero attached hydrogens (tertiary/aromatic N) is 1. The van der Waals surface area contributed by atoms with E-state index >= 15 is 0 Å². The van der Waals surface area contributed by atoms with Crippen LogP contribution in [-0.2, 0) is 4.79 Å². The van der Waals surface area contributed by atoms with Crippen molar-refractivity contribution in [3.05, 3.63) is 22.4 Å². The van der Waals surface area contributed by atoms with Crippen molar-refractivity contribution in [2.45, 2.75) is 58.7 Å². The summed E-state index contributed by atoms with van der Waals surface area (Å²) in [6.45, 7) is 7.44. The number of carbonyl (C=O) groups is 1. The van der Waals surface area contributed by atoms with Gasteiger partial charge in [0.2, 0.25) is 5.91 Å². The van der Waals surface area contributed by atoms with Gasteiger partial charge in [-0.25, -0.2) is 0 Å². The van der Waals surface area contributed by atoms with Crippen LogP contribution in [0.5, 0.6) is 0 Å². The lowest BCUT2D eigenvalue weighted by atomic mass is 10.0. The van der Waals surface area contributed by atoms with E-state index in [4.69, 9.17) is 0 Å². The molecule has 2 heterocycles. The van der Waals surface area contributed by atoms with Gasteiger partial charge in [-0.15, -0.1) is 0 Å². The second-order valence-electron chi connectivity index (χ2n) is 5.64. The number of hydrogen-bond acceptors (Lipinski definition) is 3. The number of thiophene rings is 1. The van der Waals surface area contributed by atoms with Gasteiger partial charge in [0.1, 0.15) is 6.17 Å². The van der Waals surface area contributed by atoms with Crippen LogP contribution >= 0.6 is 11.3 Å². The van der Waals surface area contributed by atoms with Crippen LogP contribution in [0.1, 0.15) is 58.2 Å². The highest BCUT2D eigenvalue weighted by molar-refractivity contribution is 7.07. The molecule has 0 aromatic carbocycles. The minimum Gasteiger partial charge on any atom is -0.321 e. The van der Waals surface area contributed by atoms with Gasteiger partial charge < -0.3 is 4.90 Å². The summed E-state index contributed by atoms with van der Waals surface area (Å²) in [4.78, 5) is 14.7. The van der Waals surface area contributed by atoms with E-state index in [1.165, 1.54) is 5.56 Å². The molecule has 2 unspecified atom stereocenters. The van der Waals surface area contributed by atoms with Crippen LogP contribution in [0.3, 0.4) is 0 Å². The number of rotatable bonds is 7. The molecule has 1 saturated heterocycles. The van der Waals surface area contributed by atoms with Gasteiger partial charge in [-0.3, -0.25) is 10.1 Å². The second kappa shape index (κ2) is 7.23. The zero-order chi connectivity index (χ0) is 14.5. The molecule has 1 fully saturated rings. The first-order valence-electron chi connectivity index (χ1n) is 7.79. The Morgan fingerprint density at radius 1 is 1.35 bits per heavy atom. The summed E-state index contributed by atoms with van der Waals surface area (Å²) in [6.07, 6.45) is 4.31. The second-order valence-corrected chi connectivity index (χ2v) is 6.42. The molecule has 1 aromatic heterocycles. The molecule has 0 aliphatic carbocycles. The van der Waals surface area contributed by atoms with E-state index in [-0.39, 0.29) is 18.1 Å². The molecule has 0 radical (unpaired) electrons. The van der Waals surface area contributed by atoms with Gasteiger partial charge in [0.25, 0.3) is 0 Å². The Bertz CT molecular complexity index is 414. The van der Waals surface area contributed by atoms with Crippen LogP contribution in [0, 0.1) is 5.92 Å². The fourth-order valence-electron chi connectivity index (χ4n) is 2.90. The van der Waals surface area contributed by atoms with Gasteiger partial charge in [-0.2, -0.15) is 11.3 Å². The molecule has 0 bridgehead atoms. The Labute approximate surface area is 126 Å². The SMILES string of the molecule is CCCC1NC(c2ccsc2)N(CC(CC)CC)C1=O. The molecule has 112 valence electrons. The Kier molecular flexibility index (Phi) is 5.61. The maximum absolute atomic E-state index is 12.6. The number of nitrogens with one attached hydrogen (secondary N) is 1. The molecule has 20 heavy (non-hydrogen) atoms. The molecule has 2 rings (SSSR count). The average Bonchev–Trinajstić information content (AvgIpc) is 3.07. The predicted molar refractivity (Wildman–Crippen MR) is 84.7 cm³/mol. The lowest BCUT2D eigenvalue weighted by molar-refractivity contribution is -0.130. The minimum absolute atomic E-state index is 0.000683. The first-order valence-corrected chi connectivity index (χ1v) is 8.74. The van der Waals surface area contributed by atoms with E-state index in [1.54, 1.807) is 11.3 Å². The molecule has 0 saturated carbocycles. The third-order valence-corrected chi connectivity index (χ3v) is 5.00. The molecule has 1 N–H and O–H groups in total. The Morgan fingerprint density at radius 2 is 2.10 bits per heavy atom. The molecule has 0 spiro atoms. The van der Waals surface area contributed by atoms with Crippen molar-refractivity contribution in [2.24, 2.45) is 5.92 Å². The Balaban J connectivity index is 2.16. The van der Waals surface area contributed by atoms with E-state index in [9.17, 15) is 4.79 Å². The summed E-state index contributed by atoms with van der Waals surface area (Å²) < 4.78 is 0. The lowest BCUT2D eigenvalue weighted by Gasteiger charge is -2.27. The highest BCUT2D eigenvalue weighted by Gasteiger charge is 2.39. The van der Waals surface area contributed by atoms with Crippen LogP contribution in [0.4, 0.5) is 0 Å². The molecule has 1 aromatic rings. The van der Waals surface area contributed by atoms with Crippen molar-refractivity contribution < 1.29 is 4.79 Å². The van der Waals surface area contributed by atoms with Crippen LogP contribution in [-0.4, -0.2) is 23.4 Å². The van der Waals surface area contributed by atoms with E-state index in [0.29, 0.717) is 5.92 Å². The Hall–Kier alpha value is -0.870. The normalized spacial score (nSPS) is 23.0. The number of carbonyl (C=O) groups excluding carboxylic acids is 1. The molecule has 3 nitrogen and oxygen atoms in total. The molecule has 1 aliphatic rings. The van der Waals surface area contributed by atoms with Gasteiger partial charge in [-0.05, 0) is 34.7 Å². The van der Waals surface area contributed by atoms with Crippen LogP contribution in [0.15, 0.2) is 16.8 Å². The van der Waals surface area contributed by atoms with Gasteiger partial charge >= 0.3 is 0 Å². The topological polar surface area (TPSA) is 32.3 Å². The third kappa shape index (κ3) is 3.23. The summed E-state index contributed by atoms with van der Waals surface area (Å²) in [6, 6.07) is 2.13. The summed E-state index contributed by atoms with van der Waals surface area (Å²) in [7, 11) is 0. The van der Waals surface area contributed by atoms with Gasteiger partial charge in [0.05, 0.1) is 6.04 Å². The standard InChI is InChI=1S/C16H26N2OS/c1-4-7-14-16(19)18(10-12(5-2)6-3)15(17-14)13-8-9-20-11-13/h8-9,11-12,14-15,17H,4-7,10H2,1-3H3. The molecule has 1 aliphatic heterocycles. The zero-order valence-electron chi connectivity index (χ0n) is 12.8. The minimum atomic E-state index is -0.000683. The first kappa shape index (κ1) is 15.5. The monoisotopic (exact) mass is 294 g/mol. The van der Waals surface area contributed by atoms with E-state index < -0.39 is 0 Å². The Morgan fingerprint density at radius 3 is 2.65 bits per heavy atom. The van der Waals surface area contributed by atoms with Crippen molar-refractivity contribution >= 4 is 17.2 Å². The van der Waals surface area contributed by atoms with Crippen LogP contribution in [0.2, 0.25) is 0 Å². The van der Waals surface area contributed by atoms with Gasteiger partial charge in [-0.1, -0.05) is 40.0 Å². The van der Waals surface area contributed by atoms with E-state index in [0.717, 1.165) is 32.2 Å². The quantitative estimate of drug-likeness (QED) is 0.830. The predicted octanol–water partition coefficient (Wildman–Crippen LogP) is 3.78. The summed E-state index contributed by atoms with van der Waals surface area (Å²) in [5.74, 6) is 0.886. The fourth-order valence-corrected chi connectivity index (χ4v) is 3.58. The highest BCUT2D eigenvalue weighted by atomic mass is 32.1. The molecule has 4 heteroatoms. The lowest BCUT2D eigenvalue weighted by Crippen LogP contribution is -2.35. The highest BCUT2D eigenvalue weighted by Crippen LogP contribution is 2.30. The zero-order valence-corrected chi connectivity index (χ0v) is 13.6. The van der Waals surface area contributed by atoms with Crippen molar-refractivity contribution in [3.63, 3.8) is 0 Å². The fraction of sp³-hybridized carbons (Fsp3) is 0.688. The maximum Gasteiger partial charge on any atom is 0.241 e. The van der Waals surface area contributed by atoms with Crippen LogP contribution < -0.4 is 5.32 Å². The summed E-state index contributed by atoms with van der Waals surface area (Å²) >= 11 is 1.70.